The molecule has 0 radical (unpaired) electrons. The quantitative estimate of drug-likeness (QED) is 0.642. The van der Waals surface area contributed by atoms with E-state index in [9.17, 15) is 14.4 Å². The van der Waals surface area contributed by atoms with Crippen LogP contribution in [0.3, 0.4) is 0 Å². The highest BCUT2D eigenvalue weighted by Crippen LogP contribution is 2.38. The van der Waals surface area contributed by atoms with Crippen LogP contribution in [0.15, 0.2) is 30.5 Å². The normalized spacial score (nSPS) is 21.5. The van der Waals surface area contributed by atoms with Crippen LogP contribution in [-0.2, 0) is 32.6 Å². The Morgan fingerprint density at radius 1 is 1.17 bits per heavy atom. The highest BCUT2D eigenvalue weighted by Gasteiger charge is 2.50. The molecule has 1 aromatic carbocycles. The molecule has 4 rings (SSSR count). The number of likely N-dealkylation sites (N-methyl/N-ethyl adjacent to an activating group) is 1. The van der Waals surface area contributed by atoms with Crippen LogP contribution < -0.4 is 5.32 Å². The van der Waals surface area contributed by atoms with Crippen molar-refractivity contribution in [3.63, 3.8) is 0 Å². The number of nitrogens with one attached hydrogen (secondary N) is 1. The van der Waals surface area contributed by atoms with Gasteiger partial charge in [0.2, 0.25) is 11.8 Å². The Bertz CT molecular complexity index is 1120. The molecular weight excluding hydrogens is 472 g/mol. The van der Waals surface area contributed by atoms with Gasteiger partial charge in [0.05, 0.1) is 0 Å². The van der Waals surface area contributed by atoms with Crippen LogP contribution in [0.1, 0.15) is 68.1 Å². The molecule has 194 valence electrons. The van der Waals surface area contributed by atoms with Gasteiger partial charge in [-0.1, -0.05) is 58.9 Å². The van der Waals surface area contributed by atoms with Gasteiger partial charge in [-0.25, -0.2) is 4.98 Å². The van der Waals surface area contributed by atoms with E-state index in [-0.39, 0.29) is 35.0 Å². The lowest BCUT2D eigenvalue weighted by molar-refractivity contribution is -0.159. The van der Waals surface area contributed by atoms with E-state index < -0.39 is 18.1 Å². The predicted molar refractivity (Wildman–Crippen MR) is 142 cm³/mol. The Morgan fingerprint density at radius 2 is 1.78 bits per heavy atom. The second-order valence-corrected chi connectivity index (χ2v) is 12.8. The molecule has 0 bridgehead atoms. The van der Waals surface area contributed by atoms with E-state index >= 15 is 0 Å². The van der Waals surface area contributed by atoms with Gasteiger partial charge in [0.15, 0.2) is 6.04 Å². The first-order valence-corrected chi connectivity index (χ1v) is 13.6. The standard InChI is InChI=1S/C28H38N4O3S/c1-16(2)12-20-24(33)30-22(19-13-17-10-8-9-11-18(17)14-19)26(34)32(20)23(27(35)31(6)7)25-29-15-21(36-25)28(3,4)5/h8-11,15-16,19-20,22-23H,12-14H2,1-7H3,(H,30,33). The van der Waals surface area contributed by atoms with Crippen LogP contribution in [0.2, 0.25) is 0 Å². The number of carbonyl (C=O) groups excluding carboxylic acids is 3. The zero-order valence-corrected chi connectivity index (χ0v) is 23.2. The molecule has 8 heteroatoms. The van der Waals surface area contributed by atoms with E-state index in [0.717, 1.165) is 17.7 Å². The molecule has 0 spiro atoms. The lowest BCUT2D eigenvalue weighted by Gasteiger charge is -2.44. The number of rotatable bonds is 6. The summed E-state index contributed by atoms with van der Waals surface area (Å²) in [5.41, 5.74) is 2.30. The summed E-state index contributed by atoms with van der Waals surface area (Å²) in [5.74, 6) is -0.494. The molecular formula is C28H38N4O3S. The number of benzene rings is 1. The van der Waals surface area contributed by atoms with Crippen molar-refractivity contribution in [3.05, 3.63) is 51.5 Å². The second kappa shape index (κ2) is 9.96. The van der Waals surface area contributed by atoms with Gasteiger partial charge in [-0.05, 0) is 47.6 Å². The predicted octanol–water partition coefficient (Wildman–Crippen LogP) is 3.73. The summed E-state index contributed by atoms with van der Waals surface area (Å²) < 4.78 is 0. The van der Waals surface area contributed by atoms with E-state index in [0.29, 0.717) is 11.4 Å². The van der Waals surface area contributed by atoms with Gasteiger partial charge in [0, 0.05) is 25.2 Å². The maximum Gasteiger partial charge on any atom is 0.252 e. The van der Waals surface area contributed by atoms with Crippen molar-refractivity contribution in [2.75, 3.05) is 14.1 Å². The van der Waals surface area contributed by atoms with Crippen molar-refractivity contribution in [1.82, 2.24) is 20.1 Å². The molecule has 0 saturated carbocycles. The van der Waals surface area contributed by atoms with E-state index in [1.54, 1.807) is 25.2 Å². The van der Waals surface area contributed by atoms with Crippen LogP contribution in [0.4, 0.5) is 0 Å². The van der Waals surface area contributed by atoms with Gasteiger partial charge in [-0.15, -0.1) is 11.3 Å². The Balaban J connectivity index is 1.76. The minimum atomic E-state index is -0.935. The Kier molecular flexibility index (Phi) is 7.28. The fourth-order valence-corrected chi connectivity index (χ4v) is 6.29. The second-order valence-electron chi connectivity index (χ2n) is 11.8. The Labute approximate surface area is 218 Å². The van der Waals surface area contributed by atoms with Crippen LogP contribution in [0, 0.1) is 11.8 Å². The van der Waals surface area contributed by atoms with Crippen molar-refractivity contribution in [3.8, 4) is 0 Å². The van der Waals surface area contributed by atoms with Crippen LogP contribution in [0.5, 0.6) is 0 Å². The third-order valence-corrected chi connectivity index (χ3v) is 8.63. The van der Waals surface area contributed by atoms with Crippen molar-refractivity contribution in [2.24, 2.45) is 11.8 Å². The minimum absolute atomic E-state index is 0.0436. The van der Waals surface area contributed by atoms with Gasteiger partial charge in [0.1, 0.15) is 17.1 Å². The summed E-state index contributed by atoms with van der Waals surface area (Å²) in [5, 5.41) is 3.62. The molecule has 1 saturated heterocycles. The third kappa shape index (κ3) is 5.05. The van der Waals surface area contributed by atoms with Gasteiger partial charge >= 0.3 is 0 Å². The molecule has 1 N–H and O–H groups in total. The molecule has 2 aliphatic rings. The highest BCUT2D eigenvalue weighted by molar-refractivity contribution is 7.12. The van der Waals surface area contributed by atoms with Crippen LogP contribution >= 0.6 is 11.3 Å². The number of aromatic nitrogens is 1. The number of amides is 3. The Morgan fingerprint density at radius 3 is 2.28 bits per heavy atom. The smallest absolute Gasteiger partial charge is 0.252 e. The molecule has 3 unspecified atom stereocenters. The first kappa shape index (κ1) is 26.3. The Hall–Kier alpha value is -2.74. The fraction of sp³-hybridized carbons (Fsp3) is 0.571. The first-order valence-electron chi connectivity index (χ1n) is 12.7. The van der Waals surface area contributed by atoms with Crippen molar-refractivity contribution < 1.29 is 14.4 Å². The lowest BCUT2D eigenvalue weighted by Crippen LogP contribution is -2.67. The van der Waals surface area contributed by atoms with Crippen molar-refractivity contribution >= 4 is 29.1 Å². The maximum absolute atomic E-state index is 14.3. The van der Waals surface area contributed by atoms with E-state index in [1.807, 2.05) is 26.0 Å². The number of nitrogens with zero attached hydrogens (tertiary/aromatic N) is 3. The van der Waals surface area contributed by atoms with Crippen molar-refractivity contribution in [2.45, 2.75) is 77.4 Å². The largest absolute Gasteiger partial charge is 0.347 e. The average Bonchev–Trinajstić information content (AvgIpc) is 3.45. The molecule has 2 heterocycles. The van der Waals surface area contributed by atoms with Crippen molar-refractivity contribution in [1.29, 1.82) is 0 Å². The van der Waals surface area contributed by atoms with E-state index in [1.165, 1.54) is 27.4 Å². The maximum atomic E-state index is 14.3. The monoisotopic (exact) mass is 510 g/mol. The molecule has 36 heavy (non-hydrogen) atoms. The number of hydrogen-bond donors (Lipinski definition) is 1. The summed E-state index contributed by atoms with van der Waals surface area (Å²) in [4.78, 5) is 50.2. The van der Waals surface area contributed by atoms with E-state index in [4.69, 9.17) is 0 Å². The number of hydrogen-bond acceptors (Lipinski definition) is 5. The molecule has 1 aliphatic heterocycles. The van der Waals surface area contributed by atoms with Gasteiger partial charge < -0.3 is 15.1 Å². The summed E-state index contributed by atoms with van der Waals surface area (Å²) in [6.07, 6.45) is 3.73. The number of piperazine rings is 1. The van der Waals surface area contributed by atoms with Gasteiger partial charge in [-0.3, -0.25) is 14.4 Å². The lowest BCUT2D eigenvalue weighted by atomic mass is 9.89. The number of thiazole rings is 1. The zero-order valence-electron chi connectivity index (χ0n) is 22.4. The molecule has 1 aliphatic carbocycles. The molecule has 7 nitrogen and oxygen atoms in total. The third-order valence-electron chi connectivity index (χ3n) is 7.15. The average molecular weight is 511 g/mol. The van der Waals surface area contributed by atoms with E-state index in [2.05, 4.69) is 43.2 Å². The zero-order chi connectivity index (χ0) is 26.4. The molecule has 1 fully saturated rings. The molecule has 3 atom stereocenters. The van der Waals surface area contributed by atoms with Crippen LogP contribution in [-0.4, -0.2) is 58.7 Å². The molecule has 1 aromatic heterocycles. The summed E-state index contributed by atoms with van der Waals surface area (Å²) in [7, 11) is 3.37. The minimum Gasteiger partial charge on any atom is -0.347 e. The number of fused-ring (bicyclic) bond motifs is 1. The van der Waals surface area contributed by atoms with Crippen LogP contribution in [0.25, 0.3) is 0 Å². The highest BCUT2D eigenvalue weighted by atomic mass is 32.1. The fourth-order valence-electron chi connectivity index (χ4n) is 5.22. The van der Waals surface area contributed by atoms with Gasteiger partial charge in [0.25, 0.3) is 5.91 Å². The molecule has 2 aromatic rings. The summed E-state index contributed by atoms with van der Waals surface area (Å²) in [6, 6.07) is 5.86. The van der Waals surface area contributed by atoms with Gasteiger partial charge in [-0.2, -0.15) is 0 Å². The molecule has 3 amide bonds. The summed E-state index contributed by atoms with van der Waals surface area (Å²) >= 11 is 1.45. The SMILES string of the molecule is CC(C)CC1C(=O)NC(C2Cc3ccccc3C2)C(=O)N1C(C(=O)N(C)C)c1ncc(C(C)(C)C)s1. The number of carbonyl (C=O) groups is 3. The first-order chi connectivity index (χ1) is 16.9. The topological polar surface area (TPSA) is 82.6 Å². The summed E-state index contributed by atoms with van der Waals surface area (Å²) in [6.45, 7) is 10.4.